The molecular weight excluding hydrogens is 290 g/mol. The first-order valence-corrected chi connectivity index (χ1v) is 7.64. The molecule has 2 aromatic carbocycles. The van der Waals surface area contributed by atoms with E-state index in [2.05, 4.69) is 24.4 Å². The average molecular weight is 313 g/mol. The van der Waals surface area contributed by atoms with Crippen molar-refractivity contribution in [2.45, 2.75) is 20.8 Å². The van der Waals surface area contributed by atoms with E-state index in [-0.39, 0.29) is 5.91 Å². The Bertz CT molecular complexity index is 672. The van der Waals surface area contributed by atoms with Gasteiger partial charge in [-0.2, -0.15) is 0 Å². The summed E-state index contributed by atoms with van der Waals surface area (Å²) in [6, 6.07) is 11.3. The van der Waals surface area contributed by atoms with Gasteiger partial charge in [0.05, 0.1) is 13.7 Å². The number of rotatable bonds is 6. The summed E-state index contributed by atoms with van der Waals surface area (Å²) in [5, 5.41) is 2.85. The predicted molar refractivity (Wildman–Crippen MR) is 91.5 cm³/mol. The third kappa shape index (κ3) is 4.49. The molecule has 2 rings (SSSR count). The van der Waals surface area contributed by atoms with Gasteiger partial charge in [-0.25, -0.2) is 0 Å². The number of carbonyl (C=O) groups excluding carboxylic acids is 1. The highest BCUT2D eigenvalue weighted by atomic mass is 16.5. The van der Waals surface area contributed by atoms with Crippen molar-refractivity contribution in [3.05, 3.63) is 58.7 Å². The highest BCUT2D eigenvalue weighted by Gasteiger charge is 2.07. The molecule has 0 fully saturated rings. The van der Waals surface area contributed by atoms with Crippen LogP contribution in [0.3, 0.4) is 0 Å². The first-order valence-electron chi connectivity index (χ1n) is 7.64. The number of ether oxygens (including phenoxy) is 2. The minimum atomic E-state index is -0.134. The highest BCUT2D eigenvalue weighted by Crippen LogP contribution is 2.24. The molecule has 0 spiro atoms. The summed E-state index contributed by atoms with van der Waals surface area (Å²) in [6.45, 7) is 7.01. The number of benzene rings is 2. The molecule has 4 heteroatoms. The first-order chi connectivity index (χ1) is 11.0. The van der Waals surface area contributed by atoms with Crippen LogP contribution in [0.5, 0.6) is 11.5 Å². The molecular formula is C19H23NO3. The molecule has 0 aromatic heterocycles. The summed E-state index contributed by atoms with van der Waals surface area (Å²) in [5.41, 5.74) is 4.02. The number of hydrogen-bond donors (Lipinski definition) is 1. The van der Waals surface area contributed by atoms with Crippen LogP contribution in [-0.2, 0) is 0 Å². The van der Waals surface area contributed by atoms with Crippen LogP contribution in [0.15, 0.2) is 36.4 Å². The molecule has 0 aliphatic carbocycles. The third-order valence-corrected chi connectivity index (χ3v) is 3.57. The fraction of sp³-hybridized carbons (Fsp3) is 0.316. The van der Waals surface area contributed by atoms with Gasteiger partial charge in [-0.15, -0.1) is 0 Å². The molecule has 0 heterocycles. The number of nitrogens with one attached hydrogen (secondary N) is 1. The van der Waals surface area contributed by atoms with Gasteiger partial charge >= 0.3 is 0 Å². The lowest BCUT2D eigenvalue weighted by Crippen LogP contribution is -2.28. The van der Waals surface area contributed by atoms with Crippen molar-refractivity contribution in [2.24, 2.45) is 0 Å². The molecule has 4 nitrogen and oxygen atoms in total. The Hall–Kier alpha value is -2.49. The molecule has 1 N–H and O–H groups in total. The van der Waals surface area contributed by atoms with Crippen LogP contribution in [-0.4, -0.2) is 26.2 Å². The Morgan fingerprint density at radius 1 is 1.09 bits per heavy atom. The normalized spacial score (nSPS) is 10.3. The van der Waals surface area contributed by atoms with Gasteiger partial charge in [0.1, 0.15) is 18.1 Å². The molecule has 0 radical (unpaired) electrons. The Balaban J connectivity index is 1.87. The van der Waals surface area contributed by atoms with Crippen molar-refractivity contribution in [3.8, 4) is 11.5 Å². The zero-order valence-electron chi connectivity index (χ0n) is 14.1. The molecule has 0 bridgehead atoms. The van der Waals surface area contributed by atoms with E-state index in [0.29, 0.717) is 24.5 Å². The summed E-state index contributed by atoms with van der Waals surface area (Å²) in [7, 11) is 1.58. The maximum absolute atomic E-state index is 12.1. The van der Waals surface area contributed by atoms with Gasteiger partial charge in [-0.3, -0.25) is 4.79 Å². The van der Waals surface area contributed by atoms with Crippen molar-refractivity contribution in [1.82, 2.24) is 5.32 Å². The van der Waals surface area contributed by atoms with Gasteiger partial charge in [-0.05, 0) is 50.1 Å². The number of hydrogen-bond acceptors (Lipinski definition) is 3. The van der Waals surface area contributed by atoms with Crippen LogP contribution in [0.25, 0.3) is 0 Å². The molecule has 0 saturated carbocycles. The molecule has 1 amide bonds. The smallest absolute Gasteiger partial charge is 0.251 e. The van der Waals surface area contributed by atoms with Crippen molar-refractivity contribution >= 4 is 5.91 Å². The lowest BCUT2D eigenvalue weighted by Gasteiger charge is -2.13. The lowest BCUT2D eigenvalue weighted by atomic mass is 10.1. The molecule has 0 atom stereocenters. The van der Waals surface area contributed by atoms with E-state index in [0.717, 1.165) is 16.9 Å². The average Bonchev–Trinajstić information content (AvgIpc) is 2.53. The summed E-state index contributed by atoms with van der Waals surface area (Å²) in [5.74, 6) is 1.43. The van der Waals surface area contributed by atoms with E-state index in [9.17, 15) is 4.79 Å². The van der Waals surface area contributed by atoms with Gasteiger partial charge < -0.3 is 14.8 Å². The van der Waals surface area contributed by atoms with Crippen molar-refractivity contribution in [1.29, 1.82) is 0 Å². The maximum Gasteiger partial charge on any atom is 0.251 e. The van der Waals surface area contributed by atoms with E-state index in [1.165, 1.54) is 5.56 Å². The second-order valence-electron chi connectivity index (χ2n) is 5.56. The Morgan fingerprint density at radius 2 is 1.78 bits per heavy atom. The monoisotopic (exact) mass is 313 g/mol. The number of carbonyl (C=O) groups is 1. The second-order valence-corrected chi connectivity index (χ2v) is 5.56. The second kappa shape index (κ2) is 7.68. The van der Waals surface area contributed by atoms with E-state index in [1.54, 1.807) is 25.3 Å². The van der Waals surface area contributed by atoms with Crippen molar-refractivity contribution in [3.63, 3.8) is 0 Å². The zero-order chi connectivity index (χ0) is 16.8. The highest BCUT2D eigenvalue weighted by molar-refractivity contribution is 5.94. The lowest BCUT2D eigenvalue weighted by molar-refractivity contribution is 0.0946. The van der Waals surface area contributed by atoms with E-state index < -0.39 is 0 Å². The fourth-order valence-electron chi connectivity index (χ4n) is 2.58. The largest absolute Gasteiger partial charge is 0.497 e. The van der Waals surface area contributed by atoms with Gasteiger partial charge in [-0.1, -0.05) is 23.8 Å². The summed E-state index contributed by atoms with van der Waals surface area (Å²) < 4.78 is 10.9. The first kappa shape index (κ1) is 16.9. The summed E-state index contributed by atoms with van der Waals surface area (Å²) >= 11 is 0. The molecule has 0 aliphatic heterocycles. The van der Waals surface area contributed by atoms with Crippen LogP contribution in [0, 0.1) is 20.8 Å². The van der Waals surface area contributed by atoms with Gasteiger partial charge in [0.25, 0.3) is 5.91 Å². The Morgan fingerprint density at radius 3 is 2.43 bits per heavy atom. The molecule has 0 unspecified atom stereocenters. The third-order valence-electron chi connectivity index (χ3n) is 3.57. The minimum absolute atomic E-state index is 0.134. The Kier molecular flexibility index (Phi) is 5.63. The molecule has 23 heavy (non-hydrogen) atoms. The van der Waals surface area contributed by atoms with Crippen LogP contribution in [0.2, 0.25) is 0 Å². The van der Waals surface area contributed by atoms with Crippen LogP contribution in [0.4, 0.5) is 0 Å². The van der Waals surface area contributed by atoms with Crippen molar-refractivity contribution in [2.75, 3.05) is 20.3 Å². The fourth-order valence-corrected chi connectivity index (χ4v) is 2.58. The van der Waals surface area contributed by atoms with Crippen LogP contribution >= 0.6 is 0 Å². The standard InChI is InChI=1S/C19H23NO3/c1-13-10-14(2)18(15(3)11-13)23-9-8-20-19(21)16-6-5-7-17(12-16)22-4/h5-7,10-12H,8-9H2,1-4H3,(H,20,21). The number of aryl methyl sites for hydroxylation is 3. The van der Waals surface area contributed by atoms with Gasteiger partial charge in [0.2, 0.25) is 0 Å². The summed E-state index contributed by atoms with van der Waals surface area (Å²) in [6.07, 6.45) is 0. The SMILES string of the molecule is COc1cccc(C(=O)NCCOc2c(C)cc(C)cc2C)c1. The topological polar surface area (TPSA) is 47.6 Å². The van der Waals surface area contributed by atoms with Crippen LogP contribution < -0.4 is 14.8 Å². The van der Waals surface area contributed by atoms with E-state index in [1.807, 2.05) is 19.9 Å². The van der Waals surface area contributed by atoms with E-state index in [4.69, 9.17) is 9.47 Å². The molecule has 2 aromatic rings. The zero-order valence-corrected chi connectivity index (χ0v) is 14.1. The minimum Gasteiger partial charge on any atom is -0.497 e. The number of methoxy groups -OCH3 is 1. The summed E-state index contributed by atoms with van der Waals surface area (Å²) in [4.78, 5) is 12.1. The van der Waals surface area contributed by atoms with E-state index >= 15 is 0 Å². The molecule has 0 saturated heterocycles. The van der Waals surface area contributed by atoms with Crippen molar-refractivity contribution < 1.29 is 14.3 Å². The van der Waals surface area contributed by atoms with Gasteiger partial charge in [0, 0.05) is 5.56 Å². The molecule has 0 aliphatic rings. The molecule has 122 valence electrons. The van der Waals surface area contributed by atoms with Crippen LogP contribution in [0.1, 0.15) is 27.0 Å². The predicted octanol–water partition coefficient (Wildman–Crippen LogP) is 3.43. The Labute approximate surface area is 137 Å². The number of amides is 1. The maximum atomic E-state index is 12.1. The quantitative estimate of drug-likeness (QED) is 0.831. The van der Waals surface area contributed by atoms with Gasteiger partial charge in [0.15, 0.2) is 0 Å².